The van der Waals surface area contributed by atoms with Gasteiger partial charge in [-0.15, -0.1) is 24.8 Å². The minimum atomic E-state index is -3.46. The van der Waals surface area contributed by atoms with Crippen molar-refractivity contribution in [1.82, 2.24) is 20.6 Å². The van der Waals surface area contributed by atoms with Gasteiger partial charge in [-0.1, -0.05) is 31.4 Å². The van der Waals surface area contributed by atoms with Gasteiger partial charge in [-0.3, -0.25) is 19.4 Å². The van der Waals surface area contributed by atoms with Gasteiger partial charge in [-0.25, -0.2) is 13.4 Å². The third-order valence-corrected chi connectivity index (χ3v) is 7.77. The van der Waals surface area contributed by atoms with Gasteiger partial charge >= 0.3 is 0 Å². The minimum Gasteiger partial charge on any atom is -0.363 e. The molecule has 2 heterocycles. The molecule has 0 bridgehead atoms. The second-order valence-corrected chi connectivity index (χ2v) is 11.1. The molecule has 0 spiro atoms. The second-order valence-electron chi connectivity index (χ2n) is 9.13. The molecule has 13 heteroatoms. The number of piperidine rings is 1. The van der Waals surface area contributed by atoms with Gasteiger partial charge < -0.3 is 15.5 Å². The van der Waals surface area contributed by atoms with Crippen molar-refractivity contribution in [3.8, 4) is 0 Å². The van der Waals surface area contributed by atoms with Gasteiger partial charge in [0.2, 0.25) is 5.91 Å². The number of ketones is 1. The van der Waals surface area contributed by atoms with Crippen LogP contribution in [0.4, 0.5) is 5.69 Å². The van der Waals surface area contributed by atoms with Crippen molar-refractivity contribution < 1.29 is 22.8 Å². The van der Waals surface area contributed by atoms with Gasteiger partial charge in [0.1, 0.15) is 11.2 Å². The summed E-state index contributed by atoms with van der Waals surface area (Å²) >= 11 is 0. The number of aromatic nitrogens is 2. The number of para-hydroxylation sites is 1. The summed E-state index contributed by atoms with van der Waals surface area (Å²) in [6, 6.07) is 5.87. The largest absolute Gasteiger partial charge is 0.363 e. The molecule has 1 aliphatic carbocycles. The first-order valence-corrected chi connectivity index (χ1v) is 13.5. The van der Waals surface area contributed by atoms with Crippen molar-refractivity contribution >= 4 is 57.9 Å². The predicted octanol–water partition coefficient (Wildman–Crippen LogP) is 2.12. The summed E-state index contributed by atoms with van der Waals surface area (Å²) in [4.78, 5) is 49.0. The highest BCUT2D eigenvalue weighted by Crippen LogP contribution is 2.30. The molecule has 37 heavy (non-hydrogen) atoms. The molecule has 1 aliphatic heterocycles. The molecule has 1 saturated carbocycles. The molecule has 1 saturated heterocycles. The number of hydrogen-bond donors (Lipinski definition) is 2. The van der Waals surface area contributed by atoms with E-state index in [-0.39, 0.29) is 53.6 Å². The summed E-state index contributed by atoms with van der Waals surface area (Å²) < 4.78 is 24.4. The van der Waals surface area contributed by atoms with Crippen LogP contribution in [-0.4, -0.2) is 66.9 Å². The van der Waals surface area contributed by atoms with Gasteiger partial charge in [-0.2, -0.15) is 0 Å². The van der Waals surface area contributed by atoms with Crippen LogP contribution in [0, 0.1) is 0 Å². The van der Waals surface area contributed by atoms with Crippen molar-refractivity contribution in [1.29, 1.82) is 0 Å². The lowest BCUT2D eigenvalue weighted by Crippen LogP contribution is -2.63. The number of hydrogen-bond acceptors (Lipinski definition) is 8. The third kappa shape index (κ3) is 6.97. The Kier molecular flexibility index (Phi) is 10.4. The number of carbonyl (C=O) groups excluding carboxylic acids is 3. The van der Waals surface area contributed by atoms with Crippen LogP contribution in [0.25, 0.3) is 0 Å². The zero-order valence-electron chi connectivity index (χ0n) is 20.4. The molecule has 0 radical (unpaired) electrons. The molecule has 1 unspecified atom stereocenters. The third-order valence-electron chi connectivity index (χ3n) is 6.62. The summed E-state index contributed by atoms with van der Waals surface area (Å²) in [5.41, 5.74) is -0.514. The molecule has 2 N–H and O–H groups in total. The van der Waals surface area contributed by atoms with Gasteiger partial charge in [0.25, 0.3) is 5.91 Å². The highest BCUT2D eigenvalue weighted by molar-refractivity contribution is 7.90. The van der Waals surface area contributed by atoms with E-state index >= 15 is 0 Å². The van der Waals surface area contributed by atoms with E-state index in [1.165, 1.54) is 24.7 Å². The van der Waals surface area contributed by atoms with E-state index in [1.807, 2.05) is 0 Å². The van der Waals surface area contributed by atoms with Gasteiger partial charge in [-0.05, 0) is 31.4 Å². The molecule has 2 aliphatic rings. The number of anilines is 1. The van der Waals surface area contributed by atoms with Crippen LogP contribution < -0.4 is 15.5 Å². The van der Waals surface area contributed by atoms with E-state index < -0.39 is 27.3 Å². The zero-order valence-corrected chi connectivity index (χ0v) is 22.8. The second kappa shape index (κ2) is 12.7. The quantitative estimate of drug-likeness (QED) is 0.537. The Morgan fingerprint density at radius 3 is 2.41 bits per heavy atom. The number of nitrogens with zero attached hydrogens (tertiary/aromatic N) is 3. The van der Waals surface area contributed by atoms with Gasteiger partial charge in [0.05, 0.1) is 29.4 Å². The molecule has 2 aromatic rings. The van der Waals surface area contributed by atoms with Crippen LogP contribution in [0.3, 0.4) is 0 Å². The van der Waals surface area contributed by atoms with Crippen LogP contribution in [0.1, 0.15) is 49.0 Å². The van der Waals surface area contributed by atoms with Crippen LogP contribution in [0.2, 0.25) is 0 Å². The lowest BCUT2D eigenvalue weighted by Gasteiger charge is -2.39. The summed E-state index contributed by atoms with van der Waals surface area (Å²) in [5, 5.41) is 5.74. The summed E-state index contributed by atoms with van der Waals surface area (Å²) in [6.07, 6.45) is 9.16. The maximum Gasteiger partial charge on any atom is 0.272 e. The molecule has 1 atom stereocenters. The molecular formula is C24H31Cl2N5O5S. The topological polar surface area (TPSA) is 138 Å². The Morgan fingerprint density at radius 1 is 1.08 bits per heavy atom. The number of sulfone groups is 1. The Balaban J connectivity index is 0.00000241. The summed E-state index contributed by atoms with van der Waals surface area (Å²) in [6.45, 7) is 0.388. The smallest absolute Gasteiger partial charge is 0.272 e. The van der Waals surface area contributed by atoms with E-state index in [4.69, 9.17) is 0 Å². The molecule has 4 rings (SSSR count). The number of benzene rings is 1. The molecule has 2 amide bonds. The normalized spacial score (nSPS) is 19.1. The van der Waals surface area contributed by atoms with E-state index in [0.29, 0.717) is 31.5 Å². The fourth-order valence-electron chi connectivity index (χ4n) is 4.77. The van der Waals surface area contributed by atoms with Gasteiger partial charge in [0.15, 0.2) is 15.6 Å². The lowest BCUT2D eigenvalue weighted by atomic mass is 9.80. The summed E-state index contributed by atoms with van der Waals surface area (Å²) in [5.74, 6) is -1.06. The monoisotopic (exact) mass is 571 g/mol. The molecule has 2 fully saturated rings. The number of rotatable bonds is 6. The van der Waals surface area contributed by atoms with Crippen LogP contribution in [-0.2, 0) is 19.4 Å². The minimum absolute atomic E-state index is 0. The van der Waals surface area contributed by atoms with E-state index in [9.17, 15) is 22.8 Å². The van der Waals surface area contributed by atoms with E-state index in [1.54, 1.807) is 23.1 Å². The lowest BCUT2D eigenvalue weighted by molar-refractivity contribution is -0.133. The van der Waals surface area contributed by atoms with Crippen LogP contribution >= 0.6 is 24.8 Å². The molecule has 10 nitrogen and oxygen atoms in total. The highest BCUT2D eigenvalue weighted by Gasteiger charge is 2.43. The molecule has 202 valence electrons. The Morgan fingerprint density at radius 2 is 1.78 bits per heavy atom. The Bertz CT molecular complexity index is 1220. The average molecular weight is 573 g/mol. The molecular weight excluding hydrogens is 541 g/mol. The van der Waals surface area contributed by atoms with E-state index in [0.717, 1.165) is 25.5 Å². The first kappa shape index (κ1) is 30.5. The average Bonchev–Trinajstić information content (AvgIpc) is 2.85. The Hall–Kier alpha value is -2.76. The fourth-order valence-corrected chi connectivity index (χ4v) is 5.67. The van der Waals surface area contributed by atoms with Crippen LogP contribution in [0.5, 0.6) is 0 Å². The summed E-state index contributed by atoms with van der Waals surface area (Å²) in [7, 11) is -3.46. The van der Waals surface area contributed by atoms with Crippen molar-refractivity contribution in [2.75, 3.05) is 24.2 Å². The number of amides is 2. The van der Waals surface area contributed by atoms with Crippen molar-refractivity contribution in [2.24, 2.45) is 0 Å². The van der Waals surface area contributed by atoms with Crippen molar-refractivity contribution in [2.45, 2.75) is 55.0 Å². The van der Waals surface area contributed by atoms with E-state index in [2.05, 4.69) is 20.6 Å². The van der Waals surface area contributed by atoms with Gasteiger partial charge in [0, 0.05) is 25.2 Å². The predicted molar refractivity (Wildman–Crippen MR) is 143 cm³/mol. The van der Waals surface area contributed by atoms with Crippen molar-refractivity contribution in [3.05, 3.63) is 48.5 Å². The Labute approximate surface area is 228 Å². The maximum atomic E-state index is 13.4. The number of nitrogens with one attached hydrogen (secondary N) is 2. The maximum absolute atomic E-state index is 13.4. The molecule has 1 aromatic carbocycles. The standard InChI is InChI=1S/C24H29N5O5S.2ClH/c1-35(33,34)21-8-4-3-7-19(21)29-14-9-17(20(30)16-29)27-23(32)24(10-5-2-6-11-24)28-22(31)18-15-25-12-13-26-18;;/h3-4,7-8,12-13,15,17H,2,5-6,9-11,14,16H2,1H3,(H,27,32)(H,28,31);2*1H. The number of carbonyl (C=O) groups is 3. The van der Waals surface area contributed by atoms with Crippen LogP contribution in [0.15, 0.2) is 47.8 Å². The first-order valence-electron chi connectivity index (χ1n) is 11.7. The number of halogens is 2. The number of Topliss-reactive ketones (excluding diaryl/α,β-unsaturated/α-hetero) is 1. The molecule has 1 aromatic heterocycles. The first-order chi connectivity index (χ1) is 16.7. The van der Waals surface area contributed by atoms with Crippen molar-refractivity contribution in [3.63, 3.8) is 0 Å². The fraction of sp³-hybridized carbons (Fsp3) is 0.458. The SMILES string of the molecule is CS(=O)(=O)c1ccccc1N1CCC(NC(=O)C2(NC(=O)c3cnccn3)CCCCC2)C(=O)C1.Cl.Cl. The zero-order chi connectivity index (χ0) is 25.1. The highest BCUT2D eigenvalue weighted by atomic mass is 35.5.